The van der Waals surface area contributed by atoms with Gasteiger partial charge in [-0.05, 0) is 91.3 Å². The van der Waals surface area contributed by atoms with E-state index >= 15 is 0 Å². The van der Waals surface area contributed by atoms with Gasteiger partial charge in [-0.15, -0.1) is 11.3 Å². The predicted octanol–water partition coefficient (Wildman–Crippen LogP) is 5.42. The molecule has 3 N–H and O–H groups in total. The fraction of sp³-hybridized carbons (Fsp3) is 0.618. The number of carbonyl (C=O) groups is 3. The molecule has 0 unspecified atom stereocenters. The van der Waals surface area contributed by atoms with Crippen molar-refractivity contribution in [3.8, 4) is 0 Å². The molecular weight excluding hydrogens is 573 g/mol. The second-order valence-corrected chi connectivity index (χ2v) is 15.0. The zero-order valence-electron chi connectivity index (χ0n) is 27.0. The third-order valence-electron chi connectivity index (χ3n) is 10.2. The van der Waals surface area contributed by atoms with Crippen molar-refractivity contribution in [2.24, 2.45) is 23.2 Å². The molecule has 8 nitrogen and oxygen atoms in total. The second-order valence-electron chi connectivity index (χ2n) is 14.1. The first-order valence-corrected chi connectivity index (χ1v) is 17.2. The maximum absolute atomic E-state index is 13.9. The van der Waals surface area contributed by atoms with Gasteiger partial charge in [0.25, 0.3) is 11.8 Å². The van der Waals surface area contributed by atoms with Gasteiger partial charge in [0.15, 0.2) is 0 Å². The third kappa shape index (κ3) is 6.77. The number of aryl methyl sites for hydroxylation is 1. The Bertz CT molecular complexity index is 1320. The van der Waals surface area contributed by atoms with E-state index in [0.29, 0.717) is 28.7 Å². The van der Waals surface area contributed by atoms with Crippen molar-refractivity contribution < 1.29 is 23.7 Å². The van der Waals surface area contributed by atoms with Crippen LogP contribution < -0.4 is 16.0 Å². The first-order valence-electron chi connectivity index (χ1n) is 16.3. The zero-order valence-corrected chi connectivity index (χ0v) is 27.8. The molecule has 3 aliphatic carbocycles. The van der Waals surface area contributed by atoms with Crippen molar-refractivity contribution in [2.75, 3.05) is 6.54 Å². The Morgan fingerprint density at radius 1 is 1.05 bits per heavy atom. The van der Waals surface area contributed by atoms with Gasteiger partial charge in [-0.1, -0.05) is 59.2 Å². The van der Waals surface area contributed by atoms with E-state index in [0.717, 1.165) is 32.1 Å². The van der Waals surface area contributed by atoms with Crippen molar-refractivity contribution >= 4 is 36.2 Å². The number of nitrogens with one attached hydrogen (secondary N) is 3. The molecule has 6 rings (SSSR count). The number of hydrogen-bond donors (Lipinski definition) is 3. The molecule has 10 heteroatoms. The molecule has 238 valence electrons. The molecule has 4 fully saturated rings. The van der Waals surface area contributed by atoms with E-state index < -0.39 is 24.7 Å². The van der Waals surface area contributed by atoms with Crippen molar-refractivity contribution in [1.29, 1.82) is 0 Å². The molecular formula is C34H48BN3O5S. The fourth-order valence-corrected chi connectivity index (χ4v) is 8.08. The van der Waals surface area contributed by atoms with Crippen LogP contribution in [0.15, 0.2) is 41.8 Å². The van der Waals surface area contributed by atoms with Crippen molar-refractivity contribution in [3.63, 3.8) is 0 Å². The summed E-state index contributed by atoms with van der Waals surface area (Å²) in [6, 6.07) is 10.0. The lowest BCUT2D eigenvalue weighted by Gasteiger charge is -2.64. The SMILES string of the molecule is CCCCc1ccc(C(=O)N[C@@H](CNC(=O)c2cccs2)C(=O)N[C@@H](CC(C)C)B2O[C@@H]3C[C@@H]4C[C@@H](C4(C)C)[C@]3(C)O2)cc1. The van der Waals surface area contributed by atoms with Gasteiger partial charge >= 0.3 is 7.12 Å². The summed E-state index contributed by atoms with van der Waals surface area (Å²) in [6.45, 7) is 13.1. The number of benzene rings is 1. The van der Waals surface area contributed by atoms with Gasteiger partial charge in [0, 0.05) is 12.1 Å². The molecule has 6 atom stereocenters. The minimum absolute atomic E-state index is 0.00304. The molecule has 2 bridgehead atoms. The smallest absolute Gasteiger partial charge is 0.404 e. The van der Waals surface area contributed by atoms with Gasteiger partial charge in [-0.25, -0.2) is 0 Å². The van der Waals surface area contributed by atoms with Crippen LogP contribution in [0, 0.1) is 23.2 Å². The van der Waals surface area contributed by atoms with Crippen LogP contribution in [-0.4, -0.2) is 55.1 Å². The van der Waals surface area contributed by atoms with Gasteiger partial charge in [0.05, 0.1) is 22.5 Å². The lowest BCUT2D eigenvalue weighted by atomic mass is 9.43. The van der Waals surface area contributed by atoms with Gasteiger partial charge < -0.3 is 25.3 Å². The summed E-state index contributed by atoms with van der Waals surface area (Å²) in [7, 11) is -0.584. The van der Waals surface area contributed by atoms with E-state index in [1.54, 1.807) is 24.3 Å². The fourth-order valence-electron chi connectivity index (χ4n) is 7.44. The van der Waals surface area contributed by atoms with Crippen LogP contribution in [0.25, 0.3) is 0 Å². The largest absolute Gasteiger partial charge is 0.481 e. The van der Waals surface area contributed by atoms with Crippen LogP contribution in [0.2, 0.25) is 0 Å². The average molecular weight is 622 g/mol. The van der Waals surface area contributed by atoms with Crippen LogP contribution in [0.5, 0.6) is 0 Å². The molecule has 2 heterocycles. The Morgan fingerprint density at radius 2 is 1.80 bits per heavy atom. The Morgan fingerprint density at radius 3 is 2.43 bits per heavy atom. The summed E-state index contributed by atoms with van der Waals surface area (Å²) >= 11 is 1.32. The molecule has 3 saturated carbocycles. The monoisotopic (exact) mass is 621 g/mol. The highest BCUT2D eigenvalue weighted by Crippen LogP contribution is 2.65. The Hall–Kier alpha value is -2.69. The molecule has 4 aliphatic rings. The summed E-state index contributed by atoms with van der Waals surface area (Å²) in [5.74, 6) is -0.141. The van der Waals surface area contributed by atoms with Crippen LogP contribution >= 0.6 is 11.3 Å². The lowest BCUT2D eigenvalue weighted by Crippen LogP contribution is -2.65. The summed E-state index contributed by atoms with van der Waals surface area (Å²) < 4.78 is 13.3. The van der Waals surface area contributed by atoms with E-state index in [4.69, 9.17) is 9.31 Å². The van der Waals surface area contributed by atoms with E-state index in [2.05, 4.69) is 57.5 Å². The van der Waals surface area contributed by atoms with E-state index in [1.807, 2.05) is 17.5 Å². The minimum atomic E-state index is -0.994. The van der Waals surface area contributed by atoms with Crippen molar-refractivity contribution in [1.82, 2.24) is 16.0 Å². The first-order chi connectivity index (χ1) is 20.9. The number of unbranched alkanes of at least 4 members (excludes halogenated alkanes) is 1. The highest BCUT2D eigenvalue weighted by Gasteiger charge is 2.68. The maximum Gasteiger partial charge on any atom is 0.481 e. The Labute approximate surface area is 266 Å². The number of hydrogen-bond acceptors (Lipinski definition) is 6. The summed E-state index contributed by atoms with van der Waals surface area (Å²) in [4.78, 5) is 40.6. The highest BCUT2D eigenvalue weighted by atomic mass is 32.1. The predicted molar refractivity (Wildman–Crippen MR) is 174 cm³/mol. The number of thiophene rings is 1. The van der Waals surface area contributed by atoms with Crippen molar-refractivity contribution in [2.45, 2.75) is 104 Å². The molecule has 2 aromatic rings. The van der Waals surface area contributed by atoms with E-state index in [-0.39, 0.29) is 41.7 Å². The lowest BCUT2D eigenvalue weighted by molar-refractivity contribution is -0.199. The quantitative estimate of drug-likeness (QED) is 0.259. The number of rotatable bonds is 13. The van der Waals surface area contributed by atoms with Crippen molar-refractivity contribution in [3.05, 3.63) is 57.8 Å². The summed E-state index contributed by atoms with van der Waals surface area (Å²) in [5, 5.41) is 10.7. The normalized spacial score (nSPS) is 26.3. The number of carbonyl (C=O) groups excluding carboxylic acids is 3. The molecule has 3 amide bonds. The van der Waals surface area contributed by atoms with Crippen LogP contribution in [0.1, 0.15) is 99.2 Å². The summed E-state index contributed by atoms with van der Waals surface area (Å²) in [6.07, 6.45) is 5.90. The second kappa shape index (κ2) is 13.4. The number of amides is 3. The zero-order chi connectivity index (χ0) is 31.6. The first kappa shape index (κ1) is 32.7. The minimum Gasteiger partial charge on any atom is -0.404 e. The highest BCUT2D eigenvalue weighted by molar-refractivity contribution is 7.12. The van der Waals surface area contributed by atoms with Gasteiger partial charge in [-0.3, -0.25) is 14.4 Å². The topological polar surface area (TPSA) is 106 Å². The molecule has 1 aromatic carbocycles. The average Bonchev–Trinajstić information content (AvgIpc) is 3.65. The molecule has 1 saturated heterocycles. The molecule has 1 aromatic heterocycles. The van der Waals surface area contributed by atoms with Crippen LogP contribution in [-0.2, 0) is 20.5 Å². The van der Waals surface area contributed by atoms with Gasteiger partial charge in [-0.2, -0.15) is 0 Å². The van der Waals surface area contributed by atoms with Crippen LogP contribution in [0.3, 0.4) is 0 Å². The van der Waals surface area contributed by atoms with Gasteiger partial charge in [0.1, 0.15) is 6.04 Å². The molecule has 0 radical (unpaired) electrons. The molecule has 0 spiro atoms. The standard InChI is InChI=1S/C34H48BN3O5S/c1-7-8-10-22-12-14-23(15-13-22)30(39)37-25(20-36-32(41)26-11-9-16-44-26)31(40)38-29(17-21(2)3)35-42-28-19-24-18-27(33(24,4)5)34(28,6)43-35/h9,11-16,21,24-25,27-29H,7-8,10,17-20H2,1-6H3,(H,36,41)(H,37,39)(H,38,40)/t24-,25-,27-,28+,29-,34-/m0/s1. The third-order valence-corrected chi connectivity index (χ3v) is 11.1. The van der Waals surface area contributed by atoms with E-state index in [1.165, 1.54) is 16.9 Å². The van der Waals surface area contributed by atoms with Crippen LogP contribution in [0.4, 0.5) is 0 Å². The molecule has 1 aliphatic heterocycles. The Balaban J connectivity index is 1.30. The van der Waals surface area contributed by atoms with E-state index in [9.17, 15) is 14.4 Å². The Kier molecular flexibility index (Phi) is 9.92. The maximum atomic E-state index is 13.9. The van der Waals surface area contributed by atoms with Gasteiger partial charge in [0.2, 0.25) is 5.91 Å². The molecule has 44 heavy (non-hydrogen) atoms. The summed E-state index contributed by atoms with van der Waals surface area (Å²) in [5.41, 5.74) is 1.45.